The molecule has 1 fully saturated rings. The lowest BCUT2D eigenvalue weighted by Gasteiger charge is -2.11. The van der Waals surface area contributed by atoms with Gasteiger partial charge < -0.3 is 15.7 Å². The highest BCUT2D eigenvalue weighted by Crippen LogP contribution is 2.22. The van der Waals surface area contributed by atoms with E-state index in [-0.39, 0.29) is 35.6 Å². The lowest BCUT2D eigenvalue weighted by atomic mass is 10.1. The molecular formula is C11H11BrN2O3. The van der Waals surface area contributed by atoms with Gasteiger partial charge in [-0.1, -0.05) is 15.9 Å². The van der Waals surface area contributed by atoms with Crippen molar-refractivity contribution in [3.05, 3.63) is 28.2 Å². The average molecular weight is 299 g/mol. The number of hydrogen-bond acceptors (Lipinski definition) is 3. The van der Waals surface area contributed by atoms with Crippen molar-refractivity contribution in [3.63, 3.8) is 0 Å². The normalized spacial score (nSPS) is 18.9. The van der Waals surface area contributed by atoms with Crippen LogP contribution in [0.15, 0.2) is 22.7 Å². The summed E-state index contributed by atoms with van der Waals surface area (Å²) in [4.78, 5) is 22.8. The van der Waals surface area contributed by atoms with Crippen LogP contribution in [0.5, 0.6) is 5.75 Å². The minimum absolute atomic E-state index is 0.0738. The fourth-order valence-electron chi connectivity index (χ4n) is 1.67. The summed E-state index contributed by atoms with van der Waals surface area (Å²) in [5.41, 5.74) is 0.201. The van der Waals surface area contributed by atoms with Crippen molar-refractivity contribution >= 4 is 27.7 Å². The van der Waals surface area contributed by atoms with E-state index in [1.807, 2.05) is 0 Å². The predicted octanol–water partition coefficient (Wildman–Crippen LogP) is 0.773. The van der Waals surface area contributed by atoms with Crippen LogP contribution in [-0.4, -0.2) is 29.5 Å². The minimum atomic E-state index is -0.378. The lowest BCUT2D eigenvalue weighted by molar-refractivity contribution is -0.119. The fraction of sp³-hybridized carbons (Fsp3) is 0.273. The van der Waals surface area contributed by atoms with E-state index < -0.39 is 0 Å². The molecule has 6 heteroatoms. The van der Waals surface area contributed by atoms with Crippen molar-refractivity contribution in [2.45, 2.75) is 12.5 Å². The van der Waals surface area contributed by atoms with E-state index >= 15 is 0 Å². The molecule has 17 heavy (non-hydrogen) atoms. The summed E-state index contributed by atoms with van der Waals surface area (Å²) in [6.07, 6.45) is 0.281. The number of phenolic OH excluding ortho intramolecular Hbond substituents is 1. The molecule has 1 atom stereocenters. The number of amides is 2. The third-order valence-corrected chi connectivity index (χ3v) is 3.01. The van der Waals surface area contributed by atoms with Gasteiger partial charge in [-0.05, 0) is 18.2 Å². The van der Waals surface area contributed by atoms with Gasteiger partial charge in [0.1, 0.15) is 5.75 Å². The first-order valence-corrected chi connectivity index (χ1v) is 5.91. The molecule has 1 aliphatic rings. The number of halogens is 1. The van der Waals surface area contributed by atoms with Gasteiger partial charge in [-0.2, -0.15) is 0 Å². The Balaban J connectivity index is 2.07. The number of carbonyl (C=O) groups is 2. The highest BCUT2D eigenvalue weighted by molar-refractivity contribution is 9.10. The second-order valence-electron chi connectivity index (χ2n) is 3.84. The summed E-state index contributed by atoms with van der Waals surface area (Å²) in [7, 11) is 0. The summed E-state index contributed by atoms with van der Waals surface area (Å²) >= 11 is 3.20. The van der Waals surface area contributed by atoms with Crippen LogP contribution in [-0.2, 0) is 4.79 Å². The second kappa shape index (κ2) is 4.75. The molecule has 3 N–H and O–H groups in total. The van der Waals surface area contributed by atoms with E-state index in [9.17, 15) is 14.7 Å². The van der Waals surface area contributed by atoms with E-state index in [0.717, 1.165) is 0 Å². The fourth-order valence-corrected chi connectivity index (χ4v) is 2.02. The Bertz CT molecular complexity index is 476. The maximum absolute atomic E-state index is 11.8. The second-order valence-corrected chi connectivity index (χ2v) is 4.76. The lowest BCUT2D eigenvalue weighted by Crippen LogP contribution is -2.36. The summed E-state index contributed by atoms with van der Waals surface area (Å²) in [5, 5.41) is 14.9. The molecule has 2 rings (SSSR count). The first kappa shape index (κ1) is 11.9. The molecule has 0 radical (unpaired) electrons. The maximum Gasteiger partial charge on any atom is 0.255 e. The zero-order valence-electron chi connectivity index (χ0n) is 8.87. The largest absolute Gasteiger partial charge is 0.507 e. The van der Waals surface area contributed by atoms with E-state index in [1.54, 1.807) is 6.07 Å². The molecule has 1 unspecified atom stereocenters. The van der Waals surface area contributed by atoms with Gasteiger partial charge in [0.05, 0.1) is 11.6 Å². The Morgan fingerprint density at radius 2 is 2.29 bits per heavy atom. The van der Waals surface area contributed by atoms with Crippen LogP contribution >= 0.6 is 15.9 Å². The van der Waals surface area contributed by atoms with Crippen molar-refractivity contribution in [2.24, 2.45) is 0 Å². The van der Waals surface area contributed by atoms with Crippen LogP contribution in [0.25, 0.3) is 0 Å². The number of aromatic hydroxyl groups is 1. The molecule has 0 spiro atoms. The van der Waals surface area contributed by atoms with Gasteiger partial charge in [0.25, 0.3) is 5.91 Å². The van der Waals surface area contributed by atoms with Crippen LogP contribution in [0.4, 0.5) is 0 Å². The molecule has 0 aromatic heterocycles. The zero-order chi connectivity index (χ0) is 12.4. The number of carbonyl (C=O) groups excluding carboxylic acids is 2. The molecule has 1 heterocycles. The van der Waals surface area contributed by atoms with Gasteiger partial charge >= 0.3 is 0 Å². The van der Waals surface area contributed by atoms with Crippen molar-refractivity contribution in [1.82, 2.24) is 10.6 Å². The molecular weight excluding hydrogens is 288 g/mol. The maximum atomic E-state index is 11.8. The summed E-state index contributed by atoms with van der Waals surface area (Å²) in [6, 6.07) is 4.44. The van der Waals surface area contributed by atoms with Crippen LogP contribution in [0, 0.1) is 0 Å². The number of phenols is 1. The number of nitrogens with one attached hydrogen (secondary N) is 2. The van der Waals surface area contributed by atoms with Gasteiger partial charge in [-0.15, -0.1) is 0 Å². The molecule has 1 aromatic carbocycles. The molecule has 1 saturated heterocycles. The molecule has 1 aliphatic heterocycles. The Morgan fingerprint density at radius 1 is 1.53 bits per heavy atom. The smallest absolute Gasteiger partial charge is 0.255 e. The van der Waals surface area contributed by atoms with Crippen molar-refractivity contribution in [1.29, 1.82) is 0 Å². The van der Waals surface area contributed by atoms with E-state index in [2.05, 4.69) is 26.6 Å². The van der Waals surface area contributed by atoms with Crippen LogP contribution in [0.2, 0.25) is 0 Å². The van der Waals surface area contributed by atoms with Crippen molar-refractivity contribution in [3.8, 4) is 5.75 Å². The Labute approximate surface area is 106 Å². The third-order valence-electron chi connectivity index (χ3n) is 2.52. The van der Waals surface area contributed by atoms with E-state index in [1.165, 1.54) is 12.1 Å². The van der Waals surface area contributed by atoms with Crippen LogP contribution < -0.4 is 10.6 Å². The summed E-state index contributed by atoms with van der Waals surface area (Å²) in [6.45, 7) is 0.432. The number of hydrogen-bond donors (Lipinski definition) is 3. The van der Waals surface area contributed by atoms with E-state index in [4.69, 9.17) is 0 Å². The summed E-state index contributed by atoms with van der Waals surface area (Å²) < 4.78 is 0.698. The monoisotopic (exact) mass is 298 g/mol. The third kappa shape index (κ3) is 2.76. The van der Waals surface area contributed by atoms with Gasteiger partial charge in [-0.25, -0.2) is 0 Å². The molecule has 0 saturated carbocycles. The predicted molar refractivity (Wildman–Crippen MR) is 64.7 cm³/mol. The summed E-state index contributed by atoms with van der Waals surface area (Å²) in [5.74, 6) is -0.541. The SMILES string of the molecule is O=C1CC(NC(=O)c2ccc(Br)cc2O)CN1. The average Bonchev–Trinajstić information content (AvgIpc) is 2.63. The Morgan fingerprint density at radius 3 is 2.88 bits per heavy atom. The molecule has 2 amide bonds. The van der Waals surface area contributed by atoms with Gasteiger partial charge in [0.2, 0.25) is 5.91 Å². The number of benzene rings is 1. The zero-order valence-corrected chi connectivity index (χ0v) is 10.5. The van der Waals surface area contributed by atoms with Gasteiger partial charge in [0, 0.05) is 17.4 Å². The van der Waals surface area contributed by atoms with Gasteiger partial charge in [-0.3, -0.25) is 9.59 Å². The van der Waals surface area contributed by atoms with Crippen LogP contribution in [0.3, 0.4) is 0 Å². The van der Waals surface area contributed by atoms with E-state index in [0.29, 0.717) is 11.0 Å². The topological polar surface area (TPSA) is 78.4 Å². The van der Waals surface area contributed by atoms with Crippen molar-refractivity contribution < 1.29 is 14.7 Å². The Kier molecular flexibility index (Phi) is 3.33. The standard InChI is InChI=1S/C11H11BrN2O3/c12-6-1-2-8(9(15)3-6)11(17)14-7-4-10(16)13-5-7/h1-3,7,15H,4-5H2,(H,13,16)(H,14,17). The molecule has 0 aliphatic carbocycles. The van der Waals surface area contributed by atoms with Crippen molar-refractivity contribution in [2.75, 3.05) is 6.54 Å². The molecule has 1 aromatic rings. The molecule has 90 valence electrons. The molecule has 0 bridgehead atoms. The quantitative estimate of drug-likeness (QED) is 0.755. The Hall–Kier alpha value is -1.56. The molecule has 5 nitrogen and oxygen atoms in total. The highest BCUT2D eigenvalue weighted by atomic mass is 79.9. The van der Waals surface area contributed by atoms with Gasteiger partial charge in [0.15, 0.2) is 0 Å². The first-order valence-electron chi connectivity index (χ1n) is 5.12. The highest BCUT2D eigenvalue weighted by Gasteiger charge is 2.24. The minimum Gasteiger partial charge on any atom is -0.507 e. The van der Waals surface area contributed by atoms with Crippen LogP contribution in [0.1, 0.15) is 16.8 Å². The number of rotatable bonds is 2. The first-order chi connectivity index (χ1) is 8.06.